The second-order valence-electron chi connectivity index (χ2n) is 5.52. The zero-order valence-corrected chi connectivity index (χ0v) is 14.2. The fourth-order valence-electron chi connectivity index (χ4n) is 2.65. The number of aromatic nitrogens is 1. The Balaban J connectivity index is 1.88. The minimum Gasteiger partial charge on any atom is -0.496 e. The molecule has 3 rings (SSSR count). The molecule has 0 unspecified atom stereocenters. The molecule has 0 aliphatic heterocycles. The maximum atomic E-state index is 13.9. The number of esters is 1. The molecule has 0 bridgehead atoms. The fourth-order valence-corrected chi connectivity index (χ4v) is 2.65. The Kier molecular flexibility index (Phi) is 4.97. The number of carbonyl (C=O) groups excluding carboxylic acids is 1. The highest BCUT2D eigenvalue weighted by atomic mass is 19.1. The van der Waals surface area contributed by atoms with Gasteiger partial charge in [-0.1, -0.05) is 6.07 Å². The summed E-state index contributed by atoms with van der Waals surface area (Å²) in [6, 6.07) is 8.72. The van der Waals surface area contributed by atoms with Gasteiger partial charge in [-0.05, 0) is 29.8 Å². The summed E-state index contributed by atoms with van der Waals surface area (Å²) in [4.78, 5) is 15.7. The van der Waals surface area contributed by atoms with Crippen LogP contribution in [0.5, 0.6) is 5.75 Å². The number of halogens is 2. The molecule has 1 aromatic heterocycles. The number of methoxy groups -OCH3 is 2. The molecule has 1 heterocycles. The van der Waals surface area contributed by atoms with Crippen LogP contribution in [-0.2, 0) is 11.3 Å². The first-order valence-corrected chi connectivity index (χ1v) is 7.76. The molecule has 2 aromatic carbocycles. The van der Waals surface area contributed by atoms with Gasteiger partial charge < -0.3 is 14.8 Å². The van der Waals surface area contributed by atoms with Crippen molar-refractivity contribution in [1.82, 2.24) is 4.98 Å². The van der Waals surface area contributed by atoms with Crippen LogP contribution in [0.15, 0.2) is 42.6 Å². The maximum absolute atomic E-state index is 13.9. The summed E-state index contributed by atoms with van der Waals surface area (Å²) < 4.78 is 37.3. The van der Waals surface area contributed by atoms with E-state index in [2.05, 4.69) is 10.3 Å². The van der Waals surface area contributed by atoms with E-state index in [1.165, 1.54) is 26.5 Å². The number of benzene rings is 2. The number of carbonyl (C=O) groups is 1. The standard InChI is InChI=1S/C19H16F2N2O3/c1-25-17-7-11(3-4-13(17)19(24)26-2)10-23-16-5-6-22-18-14(16)8-12(20)9-15(18)21/h3-9H,10H2,1-2H3,(H,22,23). The molecule has 0 saturated heterocycles. The van der Waals surface area contributed by atoms with Crippen molar-refractivity contribution in [3.8, 4) is 5.75 Å². The zero-order chi connectivity index (χ0) is 18.7. The largest absolute Gasteiger partial charge is 0.496 e. The summed E-state index contributed by atoms with van der Waals surface area (Å²) >= 11 is 0. The quantitative estimate of drug-likeness (QED) is 0.701. The molecule has 0 saturated carbocycles. The predicted octanol–water partition coefficient (Wildman–Crippen LogP) is 3.92. The maximum Gasteiger partial charge on any atom is 0.341 e. The van der Waals surface area contributed by atoms with Crippen LogP contribution in [0.1, 0.15) is 15.9 Å². The van der Waals surface area contributed by atoms with Gasteiger partial charge in [-0.2, -0.15) is 0 Å². The van der Waals surface area contributed by atoms with Gasteiger partial charge in [0.15, 0.2) is 5.82 Å². The van der Waals surface area contributed by atoms with Gasteiger partial charge in [0, 0.05) is 29.9 Å². The lowest BCUT2D eigenvalue weighted by Gasteiger charge is -2.12. The zero-order valence-electron chi connectivity index (χ0n) is 14.2. The van der Waals surface area contributed by atoms with Crippen LogP contribution in [0.25, 0.3) is 10.9 Å². The van der Waals surface area contributed by atoms with Crippen molar-refractivity contribution in [3.05, 3.63) is 65.4 Å². The minimum atomic E-state index is -0.715. The number of pyridine rings is 1. The molecule has 3 aromatic rings. The lowest BCUT2D eigenvalue weighted by molar-refractivity contribution is 0.0597. The molecular weight excluding hydrogens is 342 g/mol. The Labute approximate surface area is 148 Å². The summed E-state index contributed by atoms with van der Waals surface area (Å²) in [7, 11) is 2.75. The normalized spacial score (nSPS) is 10.6. The van der Waals surface area contributed by atoms with Crippen LogP contribution < -0.4 is 10.1 Å². The average Bonchev–Trinajstić information content (AvgIpc) is 2.65. The Morgan fingerprint density at radius 3 is 2.69 bits per heavy atom. The third-order valence-corrected chi connectivity index (χ3v) is 3.92. The molecule has 7 heteroatoms. The van der Waals surface area contributed by atoms with E-state index >= 15 is 0 Å². The summed E-state index contributed by atoms with van der Waals surface area (Å²) in [6.07, 6.45) is 1.45. The van der Waals surface area contributed by atoms with Gasteiger partial charge >= 0.3 is 5.97 Å². The summed E-state index contributed by atoms with van der Waals surface area (Å²) in [6.45, 7) is 0.356. The highest BCUT2D eigenvalue weighted by Gasteiger charge is 2.13. The average molecular weight is 358 g/mol. The smallest absolute Gasteiger partial charge is 0.341 e. The number of nitrogens with zero attached hydrogens (tertiary/aromatic N) is 1. The minimum absolute atomic E-state index is 0.0926. The molecule has 1 N–H and O–H groups in total. The molecule has 0 atom stereocenters. The Morgan fingerprint density at radius 1 is 1.15 bits per heavy atom. The first kappa shape index (κ1) is 17.6. The van der Waals surface area contributed by atoms with Gasteiger partial charge in [0.05, 0.1) is 14.2 Å². The van der Waals surface area contributed by atoms with Crippen molar-refractivity contribution in [3.63, 3.8) is 0 Å². The van der Waals surface area contributed by atoms with Gasteiger partial charge in [0.1, 0.15) is 22.6 Å². The number of ether oxygens (including phenoxy) is 2. The molecule has 0 aliphatic carbocycles. The number of anilines is 1. The van der Waals surface area contributed by atoms with E-state index in [9.17, 15) is 13.6 Å². The highest BCUT2D eigenvalue weighted by molar-refractivity contribution is 5.93. The van der Waals surface area contributed by atoms with E-state index in [-0.39, 0.29) is 5.52 Å². The van der Waals surface area contributed by atoms with Gasteiger partial charge in [0.2, 0.25) is 0 Å². The topological polar surface area (TPSA) is 60.5 Å². The third kappa shape index (κ3) is 3.42. The molecule has 134 valence electrons. The number of hydrogen-bond acceptors (Lipinski definition) is 5. The summed E-state index contributed by atoms with van der Waals surface area (Å²) in [5.74, 6) is -1.50. The Morgan fingerprint density at radius 2 is 1.96 bits per heavy atom. The van der Waals surface area contributed by atoms with Crippen LogP contribution in [-0.4, -0.2) is 25.2 Å². The van der Waals surface area contributed by atoms with E-state index in [0.29, 0.717) is 28.9 Å². The number of fused-ring (bicyclic) bond motifs is 1. The molecule has 0 radical (unpaired) electrons. The first-order valence-electron chi connectivity index (χ1n) is 7.76. The van der Waals surface area contributed by atoms with E-state index in [0.717, 1.165) is 11.6 Å². The molecule has 0 amide bonds. The lowest BCUT2D eigenvalue weighted by Crippen LogP contribution is -2.06. The molecular formula is C19H16F2N2O3. The molecule has 0 fully saturated rings. The van der Waals surface area contributed by atoms with Gasteiger partial charge in [0.25, 0.3) is 0 Å². The molecule has 0 spiro atoms. The number of hydrogen-bond donors (Lipinski definition) is 1. The Bertz CT molecular complexity index is 976. The van der Waals surface area contributed by atoms with Crippen LogP contribution in [0, 0.1) is 11.6 Å². The van der Waals surface area contributed by atoms with Gasteiger partial charge in [-0.25, -0.2) is 13.6 Å². The molecule has 5 nitrogen and oxygen atoms in total. The van der Waals surface area contributed by atoms with Crippen LogP contribution in [0.3, 0.4) is 0 Å². The van der Waals surface area contributed by atoms with E-state index in [1.54, 1.807) is 24.3 Å². The number of rotatable bonds is 5. The molecule has 0 aliphatic rings. The lowest BCUT2D eigenvalue weighted by atomic mass is 10.1. The van der Waals surface area contributed by atoms with Crippen LogP contribution in [0.2, 0.25) is 0 Å². The summed E-state index contributed by atoms with van der Waals surface area (Å²) in [5, 5.41) is 3.48. The third-order valence-electron chi connectivity index (χ3n) is 3.92. The van der Waals surface area contributed by atoms with Gasteiger partial charge in [-0.3, -0.25) is 4.98 Å². The second-order valence-corrected chi connectivity index (χ2v) is 5.52. The van der Waals surface area contributed by atoms with Crippen molar-refractivity contribution in [2.75, 3.05) is 19.5 Å². The van der Waals surface area contributed by atoms with Crippen molar-refractivity contribution < 1.29 is 23.0 Å². The van der Waals surface area contributed by atoms with Crippen molar-refractivity contribution >= 4 is 22.6 Å². The van der Waals surface area contributed by atoms with E-state index < -0.39 is 17.6 Å². The first-order chi connectivity index (χ1) is 12.5. The highest BCUT2D eigenvalue weighted by Crippen LogP contribution is 2.26. The Hall–Kier alpha value is -3.22. The van der Waals surface area contributed by atoms with E-state index in [1.807, 2.05) is 0 Å². The number of nitrogens with one attached hydrogen (secondary N) is 1. The van der Waals surface area contributed by atoms with E-state index in [4.69, 9.17) is 9.47 Å². The fraction of sp³-hybridized carbons (Fsp3) is 0.158. The van der Waals surface area contributed by atoms with Crippen LogP contribution >= 0.6 is 0 Å². The second kappa shape index (κ2) is 7.35. The SMILES string of the molecule is COC(=O)c1ccc(CNc2ccnc3c(F)cc(F)cc23)cc1OC. The molecule has 26 heavy (non-hydrogen) atoms. The monoisotopic (exact) mass is 358 g/mol. The summed E-state index contributed by atoms with van der Waals surface area (Å²) in [5.41, 5.74) is 1.77. The van der Waals surface area contributed by atoms with Gasteiger partial charge in [-0.15, -0.1) is 0 Å². The predicted molar refractivity (Wildman–Crippen MR) is 93.3 cm³/mol. The van der Waals surface area contributed by atoms with Crippen molar-refractivity contribution in [1.29, 1.82) is 0 Å². The van der Waals surface area contributed by atoms with Crippen molar-refractivity contribution in [2.45, 2.75) is 6.54 Å². The van der Waals surface area contributed by atoms with Crippen molar-refractivity contribution in [2.24, 2.45) is 0 Å². The van der Waals surface area contributed by atoms with Crippen LogP contribution in [0.4, 0.5) is 14.5 Å².